The Bertz CT molecular complexity index is 536. The molecule has 18 heavy (non-hydrogen) atoms. The van der Waals surface area contributed by atoms with Gasteiger partial charge in [-0.05, 0) is 66.1 Å². The Kier molecular flexibility index (Phi) is 3.83. The van der Waals surface area contributed by atoms with Crippen LogP contribution in [0.1, 0.15) is 40.1 Å². The number of benzene rings is 1. The van der Waals surface area contributed by atoms with Gasteiger partial charge >= 0.3 is 0 Å². The van der Waals surface area contributed by atoms with Crippen molar-refractivity contribution < 1.29 is 4.39 Å². The average molecular weight is 263 g/mol. The van der Waals surface area contributed by atoms with E-state index in [1.165, 1.54) is 10.4 Å². The van der Waals surface area contributed by atoms with Crippen molar-refractivity contribution in [3.63, 3.8) is 0 Å². The molecule has 0 radical (unpaired) electrons. The Morgan fingerprint density at radius 2 is 1.89 bits per heavy atom. The predicted octanol–water partition coefficient (Wildman–Crippen LogP) is 4.11. The quantitative estimate of drug-likeness (QED) is 0.886. The van der Waals surface area contributed by atoms with Gasteiger partial charge in [0.2, 0.25) is 0 Å². The molecule has 1 nitrogen and oxygen atoms in total. The third-order valence-corrected chi connectivity index (χ3v) is 4.36. The van der Waals surface area contributed by atoms with Crippen molar-refractivity contribution >= 4 is 11.3 Å². The molecule has 0 aliphatic carbocycles. The zero-order chi connectivity index (χ0) is 13.3. The van der Waals surface area contributed by atoms with E-state index >= 15 is 0 Å². The summed E-state index contributed by atoms with van der Waals surface area (Å²) >= 11 is 1.68. The first kappa shape index (κ1) is 13.2. The number of hydrogen-bond donors (Lipinski definition) is 1. The molecule has 1 atom stereocenters. The van der Waals surface area contributed by atoms with Gasteiger partial charge in [-0.1, -0.05) is 6.92 Å². The van der Waals surface area contributed by atoms with Gasteiger partial charge in [0, 0.05) is 4.88 Å². The number of aryl methyl sites for hydroxylation is 3. The molecule has 0 fully saturated rings. The van der Waals surface area contributed by atoms with Crippen molar-refractivity contribution in [3.8, 4) is 0 Å². The van der Waals surface area contributed by atoms with Gasteiger partial charge in [-0.25, -0.2) is 4.39 Å². The summed E-state index contributed by atoms with van der Waals surface area (Å²) in [6.07, 6.45) is 0.978. The minimum absolute atomic E-state index is 0.152. The molecule has 0 saturated carbocycles. The first-order valence-corrected chi connectivity index (χ1v) is 7.01. The Morgan fingerprint density at radius 1 is 1.28 bits per heavy atom. The standard InChI is InChI=1S/C15H18FNS/c1-4-11-5-6-18-15(11)14(17)13-9(2)7-12(16)8-10(13)3/h5-8,14H,4,17H2,1-3H3. The smallest absolute Gasteiger partial charge is 0.123 e. The summed E-state index contributed by atoms with van der Waals surface area (Å²) in [6.45, 7) is 5.97. The topological polar surface area (TPSA) is 26.0 Å². The van der Waals surface area contributed by atoms with E-state index < -0.39 is 0 Å². The van der Waals surface area contributed by atoms with E-state index in [2.05, 4.69) is 18.4 Å². The predicted molar refractivity (Wildman–Crippen MR) is 75.6 cm³/mol. The molecule has 0 amide bonds. The normalized spacial score (nSPS) is 12.7. The highest BCUT2D eigenvalue weighted by atomic mass is 32.1. The second-order valence-corrected chi connectivity index (χ2v) is 5.54. The van der Waals surface area contributed by atoms with Crippen molar-refractivity contribution in [1.82, 2.24) is 0 Å². The van der Waals surface area contributed by atoms with Crippen LogP contribution in [0.5, 0.6) is 0 Å². The first-order chi connectivity index (χ1) is 8.54. The number of rotatable bonds is 3. The van der Waals surface area contributed by atoms with E-state index in [0.29, 0.717) is 0 Å². The van der Waals surface area contributed by atoms with Gasteiger partial charge < -0.3 is 5.73 Å². The fourth-order valence-corrected chi connectivity index (χ4v) is 3.46. The van der Waals surface area contributed by atoms with Gasteiger partial charge in [0.25, 0.3) is 0 Å². The summed E-state index contributed by atoms with van der Waals surface area (Å²) < 4.78 is 13.3. The second kappa shape index (κ2) is 5.21. The SMILES string of the molecule is CCc1ccsc1C(N)c1c(C)cc(F)cc1C. The number of nitrogens with two attached hydrogens (primary N) is 1. The van der Waals surface area contributed by atoms with Crippen molar-refractivity contribution in [2.45, 2.75) is 33.2 Å². The third-order valence-electron chi connectivity index (χ3n) is 3.31. The van der Waals surface area contributed by atoms with Crippen molar-refractivity contribution in [2.75, 3.05) is 0 Å². The van der Waals surface area contributed by atoms with E-state index in [0.717, 1.165) is 23.1 Å². The summed E-state index contributed by atoms with van der Waals surface area (Å²) in [5.41, 5.74) is 10.6. The van der Waals surface area contributed by atoms with E-state index in [1.54, 1.807) is 23.5 Å². The molecule has 1 heterocycles. The Labute approximate surface area is 111 Å². The molecule has 0 saturated heterocycles. The van der Waals surface area contributed by atoms with Gasteiger partial charge in [-0.2, -0.15) is 0 Å². The van der Waals surface area contributed by atoms with Gasteiger partial charge in [0.1, 0.15) is 5.82 Å². The monoisotopic (exact) mass is 263 g/mol. The van der Waals surface area contributed by atoms with E-state index in [-0.39, 0.29) is 11.9 Å². The average Bonchev–Trinajstić information content (AvgIpc) is 2.75. The minimum Gasteiger partial charge on any atom is -0.320 e. The van der Waals surface area contributed by atoms with Crippen LogP contribution in [0.3, 0.4) is 0 Å². The van der Waals surface area contributed by atoms with Gasteiger partial charge in [-0.3, -0.25) is 0 Å². The highest BCUT2D eigenvalue weighted by Gasteiger charge is 2.18. The van der Waals surface area contributed by atoms with Crippen LogP contribution in [-0.4, -0.2) is 0 Å². The molecule has 3 heteroatoms. The van der Waals surface area contributed by atoms with Crippen LogP contribution in [0, 0.1) is 19.7 Å². The van der Waals surface area contributed by atoms with Crippen LogP contribution in [0.15, 0.2) is 23.6 Å². The molecule has 1 aromatic heterocycles. The Balaban J connectivity index is 2.49. The highest BCUT2D eigenvalue weighted by Crippen LogP contribution is 2.32. The molecule has 0 spiro atoms. The molecular weight excluding hydrogens is 245 g/mol. The summed E-state index contributed by atoms with van der Waals surface area (Å²) in [4.78, 5) is 1.19. The molecule has 0 aliphatic rings. The molecule has 2 rings (SSSR count). The second-order valence-electron chi connectivity index (χ2n) is 4.59. The van der Waals surface area contributed by atoms with E-state index in [9.17, 15) is 4.39 Å². The molecule has 1 aromatic carbocycles. The fraction of sp³-hybridized carbons (Fsp3) is 0.333. The summed E-state index contributed by atoms with van der Waals surface area (Å²) in [5.74, 6) is -0.192. The minimum atomic E-state index is -0.192. The van der Waals surface area contributed by atoms with Gasteiger partial charge in [0.05, 0.1) is 6.04 Å². The van der Waals surface area contributed by atoms with Crippen molar-refractivity contribution in [2.24, 2.45) is 5.73 Å². The van der Waals surface area contributed by atoms with Gasteiger partial charge in [-0.15, -0.1) is 11.3 Å². The Hall–Kier alpha value is -1.19. The molecule has 2 aromatic rings. The summed E-state index contributed by atoms with van der Waals surface area (Å²) in [7, 11) is 0. The molecular formula is C15H18FNS. The number of halogens is 1. The lowest BCUT2D eigenvalue weighted by Crippen LogP contribution is -2.15. The largest absolute Gasteiger partial charge is 0.320 e. The van der Waals surface area contributed by atoms with Crippen molar-refractivity contribution in [3.05, 3.63) is 56.5 Å². The third kappa shape index (κ3) is 2.33. The van der Waals surface area contributed by atoms with E-state index in [4.69, 9.17) is 5.73 Å². The lowest BCUT2D eigenvalue weighted by molar-refractivity contribution is 0.623. The maximum Gasteiger partial charge on any atom is 0.123 e. The number of thiophene rings is 1. The lowest BCUT2D eigenvalue weighted by Gasteiger charge is -2.18. The number of hydrogen-bond acceptors (Lipinski definition) is 2. The van der Waals surface area contributed by atoms with Crippen LogP contribution < -0.4 is 5.73 Å². The maximum atomic E-state index is 13.3. The Morgan fingerprint density at radius 3 is 2.44 bits per heavy atom. The van der Waals surface area contributed by atoms with Crippen LogP contribution in [-0.2, 0) is 6.42 Å². The maximum absolute atomic E-state index is 13.3. The molecule has 0 aliphatic heterocycles. The van der Waals surface area contributed by atoms with Crippen LogP contribution in [0.2, 0.25) is 0 Å². The fourth-order valence-electron chi connectivity index (χ4n) is 2.46. The summed E-state index contributed by atoms with van der Waals surface area (Å²) in [5, 5.41) is 2.07. The van der Waals surface area contributed by atoms with Crippen LogP contribution >= 0.6 is 11.3 Å². The molecule has 1 unspecified atom stereocenters. The van der Waals surface area contributed by atoms with E-state index in [1.807, 2.05) is 13.8 Å². The zero-order valence-electron chi connectivity index (χ0n) is 11.0. The van der Waals surface area contributed by atoms with Crippen LogP contribution in [0.25, 0.3) is 0 Å². The van der Waals surface area contributed by atoms with Crippen molar-refractivity contribution in [1.29, 1.82) is 0 Å². The highest BCUT2D eigenvalue weighted by molar-refractivity contribution is 7.10. The zero-order valence-corrected chi connectivity index (χ0v) is 11.8. The molecule has 96 valence electrons. The van der Waals surface area contributed by atoms with Crippen LogP contribution in [0.4, 0.5) is 4.39 Å². The molecule has 0 bridgehead atoms. The van der Waals surface area contributed by atoms with Gasteiger partial charge in [0.15, 0.2) is 0 Å². The lowest BCUT2D eigenvalue weighted by atomic mass is 9.94. The first-order valence-electron chi connectivity index (χ1n) is 6.13. The molecule has 2 N–H and O–H groups in total. The summed E-state index contributed by atoms with van der Waals surface area (Å²) in [6, 6.07) is 5.08.